The summed E-state index contributed by atoms with van der Waals surface area (Å²) in [6.07, 6.45) is 6.90. The molecule has 2 atom stereocenters. The van der Waals surface area contributed by atoms with Crippen LogP contribution < -0.4 is 9.47 Å². The molecule has 3 heterocycles. The van der Waals surface area contributed by atoms with Crippen molar-refractivity contribution in [2.75, 3.05) is 13.7 Å². The molecule has 9 heteroatoms. The lowest BCUT2D eigenvalue weighted by Crippen LogP contribution is -2.07. The molecule has 1 saturated carbocycles. The zero-order valence-corrected chi connectivity index (χ0v) is 15.9. The molecule has 1 aliphatic carbocycles. The summed E-state index contributed by atoms with van der Waals surface area (Å²) in [6.45, 7) is 2.26. The Morgan fingerprint density at radius 3 is 2.66 bits per heavy atom. The Morgan fingerprint density at radius 1 is 1.14 bits per heavy atom. The number of carboxylic acids is 1. The topological polar surface area (TPSA) is 120 Å². The molecule has 3 aromatic heterocycles. The normalized spacial score (nSPS) is 17.6. The highest BCUT2D eigenvalue weighted by Gasteiger charge is 2.40. The van der Waals surface area contributed by atoms with E-state index in [0.29, 0.717) is 41.4 Å². The van der Waals surface area contributed by atoms with Crippen LogP contribution in [0, 0.1) is 12.8 Å². The van der Waals surface area contributed by atoms with Crippen LogP contribution in [0.2, 0.25) is 0 Å². The minimum absolute atomic E-state index is 0.128. The molecule has 0 aliphatic heterocycles. The minimum atomic E-state index is -1.13. The Kier molecular flexibility index (Phi) is 5.03. The SMILES string of the molecule is COc1ccc([C@H]2C[C@@H]2COc2nc(C)ncc2-c2cnc(C(=O)O)cn2)nc1. The number of carbonyl (C=O) groups is 1. The molecule has 1 aliphatic rings. The second-order valence-corrected chi connectivity index (χ2v) is 6.76. The van der Waals surface area contributed by atoms with Gasteiger partial charge in [0, 0.05) is 23.7 Å². The standard InChI is InChI=1S/C20H19N5O4/c1-11-21-7-15(17-8-24-18(9-23-17)20(26)27)19(25-11)29-10-12-5-14(12)16-4-3-13(28-2)6-22-16/h3-4,6-9,12,14H,5,10H2,1-2H3,(H,26,27)/t12-,14+/m1/s1. The maximum Gasteiger partial charge on any atom is 0.356 e. The van der Waals surface area contributed by atoms with E-state index in [9.17, 15) is 4.79 Å². The van der Waals surface area contributed by atoms with Crippen molar-refractivity contribution in [1.29, 1.82) is 0 Å². The van der Waals surface area contributed by atoms with Gasteiger partial charge >= 0.3 is 5.97 Å². The summed E-state index contributed by atoms with van der Waals surface area (Å²) in [5, 5.41) is 8.97. The maximum absolute atomic E-state index is 11.0. The van der Waals surface area contributed by atoms with E-state index < -0.39 is 5.97 Å². The lowest BCUT2D eigenvalue weighted by molar-refractivity contribution is 0.0690. The van der Waals surface area contributed by atoms with Crippen LogP contribution in [0.5, 0.6) is 11.6 Å². The van der Waals surface area contributed by atoms with Crippen molar-refractivity contribution in [2.24, 2.45) is 5.92 Å². The number of aromatic carboxylic acids is 1. The first-order valence-corrected chi connectivity index (χ1v) is 9.07. The second kappa shape index (κ2) is 7.78. The van der Waals surface area contributed by atoms with Crippen molar-refractivity contribution in [3.05, 3.63) is 54.1 Å². The molecule has 0 saturated heterocycles. The smallest absolute Gasteiger partial charge is 0.356 e. The molecule has 0 unspecified atom stereocenters. The number of aryl methyl sites for hydroxylation is 1. The number of ether oxygens (including phenoxy) is 2. The summed E-state index contributed by atoms with van der Waals surface area (Å²) in [4.78, 5) is 32.0. The third kappa shape index (κ3) is 4.13. The van der Waals surface area contributed by atoms with E-state index in [4.69, 9.17) is 14.6 Å². The van der Waals surface area contributed by atoms with Gasteiger partial charge in [-0.25, -0.2) is 14.8 Å². The Balaban J connectivity index is 1.46. The van der Waals surface area contributed by atoms with Gasteiger partial charge in [-0.15, -0.1) is 0 Å². The largest absolute Gasteiger partial charge is 0.495 e. The van der Waals surface area contributed by atoms with Gasteiger partial charge in [0.1, 0.15) is 11.6 Å². The molecule has 0 spiro atoms. The maximum atomic E-state index is 11.0. The fraction of sp³-hybridized carbons (Fsp3) is 0.300. The zero-order chi connectivity index (χ0) is 20.4. The number of methoxy groups -OCH3 is 1. The Bertz CT molecular complexity index is 1020. The minimum Gasteiger partial charge on any atom is -0.495 e. The molecule has 1 fully saturated rings. The molecule has 0 aromatic carbocycles. The van der Waals surface area contributed by atoms with E-state index in [1.807, 2.05) is 12.1 Å². The molecule has 29 heavy (non-hydrogen) atoms. The quantitative estimate of drug-likeness (QED) is 0.645. The summed E-state index contributed by atoms with van der Waals surface area (Å²) < 4.78 is 11.1. The highest BCUT2D eigenvalue weighted by atomic mass is 16.5. The van der Waals surface area contributed by atoms with E-state index >= 15 is 0 Å². The first-order chi connectivity index (χ1) is 14.0. The van der Waals surface area contributed by atoms with E-state index in [1.54, 1.807) is 26.4 Å². The molecule has 148 valence electrons. The number of aromatic nitrogens is 5. The Morgan fingerprint density at radius 2 is 2.00 bits per heavy atom. The molecular weight excluding hydrogens is 374 g/mol. The van der Waals surface area contributed by atoms with Crippen LogP contribution in [-0.2, 0) is 0 Å². The van der Waals surface area contributed by atoms with Crippen molar-refractivity contribution in [1.82, 2.24) is 24.9 Å². The van der Waals surface area contributed by atoms with Crippen LogP contribution in [0.15, 0.2) is 36.9 Å². The summed E-state index contributed by atoms with van der Waals surface area (Å²) in [7, 11) is 1.62. The first-order valence-electron chi connectivity index (χ1n) is 9.07. The van der Waals surface area contributed by atoms with Gasteiger partial charge in [0.25, 0.3) is 0 Å². The predicted octanol–water partition coefficient (Wildman–Crippen LogP) is 2.53. The predicted molar refractivity (Wildman–Crippen MR) is 102 cm³/mol. The molecule has 0 amide bonds. The fourth-order valence-electron chi connectivity index (χ4n) is 3.02. The van der Waals surface area contributed by atoms with Crippen molar-refractivity contribution < 1.29 is 19.4 Å². The van der Waals surface area contributed by atoms with Crippen LogP contribution in [0.3, 0.4) is 0 Å². The zero-order valence-electron chi connectivity index (χ0n) is 15.9. The van der Waals surface area contributed by atoms with Gasteiger partial charge in [-0.3, -0.25) is 9.97 Å². The fourth-order valence-corrected chi connectivity index (χ4v) is 3.02. The van der Waals surface area contributed by atoms with Gasteiger partial charge in [0.2, 0.25) is 5.88 Å². The van der Waals surface area contributed by atoms with Crippen molar-refractivity contribution >= 4 is 5.97 Å². The average molecular weight is 393 g/mol. The average Bonchev–Trinajstić information content (AvgIpc) is 3.52. The summed E-state index contributed by atoms with van der Waals surface area (Å²) in [6, 6.07) is 3.88. The molecule has 1 N–H and O–H groups in total. The highest BCUT2D eigenvalue weighted by molar-refractivity contribution is 5.85. The lowest BCUT2D eigenvalue weighted by Gasteiger charge is -2.10. The van der Waals surface area contributed by atoms with E-state index in [0.717, 1.165) is 17.9 Å². The van der Waals surface area contributed by atoms with Crippen molar-refractivity contribution in [2.45, 2.75) is 19.3 Å². The van der Waals surface area contributed by atoms with Gasteiger partial charge in [0.15, 0.2) is 5.69 Å². The Hall–Kier alpha value is -3.62. The van der Waals surface area contributed by atoms with E-state index in [1.165, 1.54) is 12.4 Å². The number of hydrogen-bond donors (Lipinski definition) is 1. The molecule has 3 aromatic rings. The monoisotopic (exact) mass is 393 g/mol. The second-order valence-electron chi connectivity index (χ2n) is 6.76. The van der Waals surface area contributed by atoms with Crippen LogP contribution >= 0.6 is 0 Å². The molecule has 9 nitrogen and oxygen atoms in total. The number of rotatable bonds is 7. The summed E-state index contributed by atoms with van der Waals surface area (Å²) in [5.41, 5.74) is 1.92. The number of nitrogens with zero attached hydrogens (tertiary/aromatic N) is 5. The lowest BCUT2D eigenvalue weighted by atomic mass is 10.2. The van der Waals surface area contributed by atoms with E-state index in [-0.39, 0.29) is 5.69 Å². The van der Waals surface area contributed by atoms with Crippen LogP contribution in [-0.4, -0.2) is 49.7 Å². The van der Waals surface area contributed by atoms with Crippen LogP contribution in [0.25, 0.3) is 11.3 Å². The van der Waals surface area contributed by atoms with Gasteiger partial charge in [-0.05, 0) is 25.5 Å². The third-order valence-corrected chi connectivity index (χ3v) is 4.75. The highest BCUT2D eigenvalue weighted by Crippen LogP contribution is 2.47. The van der Waals surface area contributed by atoms with Gasteiger partial charge < -0.3 is 14.6 Å². The van der Waals surface area contributed by atoms with Crippen molar-refractivity contribution in [3.63, 3.8) is 0 Å². The van der Waals surface area contributed by atoms with E-state index in [2.05, 4.69) is 24.9 Å². The number of pyridine rings is 1. The molecule has 0 bridgehead atoms. The first kappa shape index (κ1) is 18.7. The van der Waals surface area contributed by atoms with Crippen LogP contribution in [0.4, 0.5) is 0 Å². The molecular formula is C20H19N5O4. The van der Waals surface area contributed by atoms with Gasteiger partial charge in [0.05, 0.1) is 43.6 Å². The van der Waals surface area contributed by atoms with Gasteiger partial charge in [-0.1, -0.05) is 0 Å². The van der Waals surface area contributed by atoms with Crippen LogP contribution in [0.1, 0.15) is 34.3 Å². The Labute approximate surface area is 166 Å². The summed E-state index contributed by atoms with van der Waals surface area (Å²) >= 11 is 0. The third-order valence-electron chi connectivity index (χ3n) is 4.75. The molecule has 0 radical (unpaired) electrons. The van der Waals surface area contributed by atoms with Crippen molar-refractivity contribution in [3.8, 4) is 22.9 Å². The number of carboxylic acid groups (broad SMARTS) is 1. The summed E-state index contributed by atoms with van der Waals surface area (Å²) in [5.74, 6) is 1.28. The van der Waals surface area contributed by atoms with Gasteiger partial charge in [-0.2, -0.15) is 4.98 Å². The number of hydrogen-bond acceptors (Lipinski definition) is 8. The molecule has 4 rings (SSSR count).